The molecule has 1 N–H and O–H groups in total. The molecule has 2 heterocycles. The third-order valence-electron chi connectivity index (χ3n) is 5.84. The number of benzene rings is 2. The molecule has 2 aliphatic heterocycles. The van der Waals surface area contributed by atoms with Gasteiger partial charge in [0.1, 0.15) is 4.93 Å². The van der Waals surface area contributed by atoms with Crippen molar-refractivity contribution in [3.63, 3.8) is 0 Å². The molecule has 28 heavy (non-hydrogen) atoms. The Morgan fingerprint density at radius 2 is 1.57 bits per heavy atom. The summed E-state index contributed by atoms with van der Waals surface area (Å²) in [5.41, 5.74) is 2.23. The average molecular weight is 397 g/mol. The second-order valence-corrected chi connectivity index (χ2v) is 9.11. The van der Waals surface area contributed by atoms with Gasteiger partial charge < -0.3 is 14.9 Å². The molecule has 148 valence electrons. The van der Waals surface area contributed by atoms with Crippen molar-refractivity contribution in [2.24, 2.45) is 0 Å². The first kappa shape index (κ1) is 19.3. The minimum absolute atomic E-state index is 0.0397. The van der Waals surface area contributed by atoms with Gasteiger partial charge in [-0.05, 0) is 24.0 Å². The highest BCUT2D eigenvalue weighted by atomic mass is 32.2. The molecule has 0 saturated carbocycles. The number of carbonyl (C=O) groups is 1. The first-order valence-corrected chi connectivity index (χ1v) is 11.1. The number of fused-ring (bicyclic) bond motifs is 1. The van der Waals surface area contributed by atoms with Crippen LogP contribution in [0.15, 0.2) is 60.7 Å². The number of urea groups is 1. The Balaban J connectivity index is 1.63. The first-order valence-electron chi connectivity index (χ1n) is 10.1. The average Bonchev–Trinajstić information content (AvgIpc) is 3.19. The second kappa shape index (κ2) is 8.18. The number of unbranched alkanes of at least 4 members (excludes halogenated alkanes) is 1. The molecule has 3 atom stereocenters. The van der Waals surface area contributed by atoms with Crippen LogP contribution in [0.4, 0.5) is 4.79 Å². The molecule has 0 spiro atoms. The Labute approximate surface area is 171 Å². The fraction of sp³-hybridized carbons (Fsp3) is 0.435. The number of thioether (sulfide) groups is 1. The topological polar surface area (TPSA) is 43.8 Å². The molecule has 2 aliphatic rings. The Bertz CT molecular complexity index is 801. The monoisotopic (exact) mass is 396 g/mol. The lowest BCUT2D eigenvalue weighted by Gasteiger charge is -2.34. The van der Waals surface area contributed by atoms with Crippen LogP contribution in [0.5, 0.6) is 0 Å². The maximum absolute atomic E-state index is 13.4. The predicted molar refractivity (Wildman–Crippen MR) is 114 cm³/mol. The van der Waals surface area contributed by atoms with Gasteiger partial charge in [-0.1, -0.05) is 74.0 Å². The number of hydrogen-bond acceptors (Lipinski definition) is 3. The van der Waals surface area contributed by atoms with E-state index in [9.17, 15) is 9.90 Å². The van der Waals surface area contributed by atoms with Crippen molar-refractivity contribution in [3.05, 3.63) is 71.8 Å². The third kappa shape index (κ3) is 3.65. The summed E-state index contributed by atoms with van der Waals surface area (Å²) in [6.07, 6.45) is 2.74. The first-order chi connectivity index (χ1) is 13.6. The van der Waals surface area contributed by atoms with Crippen LogP contribution in [0.2, 0.25) is 0 Å². The molecule has 2 saturated heterocycles. The van der Waals surface area contributed by atoms with Crippen LogP contribution >= 0.6 is 11.8 Å². The van der Waals surface area contributed by atoms with E-state index in [1.807, 2.05) is 46.2 Å². The van der Waals surface area contributed by atoms with Gasteiger partial charge in [0.2, 0.25) is 0 Å². The van der Waals surface area contributed by atoms with Crippen molar-refractivity contribution < 1.29 is 9.90 Å². The summed E-state index contributed by atoms with van der Waals surface area (Å²) in [6, 6.07) is 20.2. The quantitative estimate of drug-likeness (QED) is 0.702. The van der Waals surface area contributed by atoms with E-state index < -0.39 is 4.93 Å². The SMILES string of the molecule is CCCCC1(O)SCC2C1N(Cc1ccccc1)C(=O)N2Cc1ccccc1. The summed E-state index contributed by atoms with van der Waals surface area (Å²) in [5, 5.41) is 11.5. The Kier molecular flexibility index (Phi) is 5.65. The van der Waals surface area contributed by atoms with Gasteiger partial charge in [0.15, 0.2) is 0 Å². The van der Waals surface area contributed by atoms with Crippen LogP contribution in [0.3, 0.4) is 0 Å². The molecule has 2 fully saturated rings. The van der Waals surface area contributed by atoms with Crippen molar-refractivity contribution in [2.75, 3.05) is 5.75 Å². The maximum atomic E-state index is 13.4. The summed E-state index contributed by atoms with van der Waals surface area (Å²) in [7, 11) is 0. The highest BCUT2D eigenvalue weighted by Crippen LogP contribution is 2.48. The van der Waals surface area contributed by atoms with Crippen molar-refractivity contribution in [2.45, 2.75) is 56.3 Å². The molecule has 0 radical (unpaired) electrons. The van der Waals surface area contributed by atoms with Gasteiger partial charge >= 0.3 is 6.03 Å². The molecule has 4 rings (SSSR count). The summed E-state index contributed by atoms with van der Waals surface area (Å²) in [6.45, 7) is 3.28. The van der Waals surface area contributed by atoms with E-state index in [2.05, 4.69) is 31.2 Å². The van der Waals surface area contributed by atoms with Crippen molar-refractivity contribution in [3.8, 4) is 0 Å². The lowest BCUT2D eigenvalue weighted by Crippen LogP contribution is -2.48. The minimum Gasteiger partial charge on any atom is -0.377 e. The number of rotatable bonds is 7. The number of amides is 2. The van der Waals surface area contributed by atoms with E-state index in [1.165, 1.54) is 0 Å². The molecular weight excluding hydrogens is 368 g/mol. The van der Waals surface area contributed by atoms with Gasteiger partial charge in [-0.25, -0.2) is 4.79 Å². The van der Waals surface area contributed by atoms with Crippen molar-refractivity contribution >= 4 is 17.8 Å². The van der Waals surface area contributed by atoms with Gasteiger partial charge in [0, 0.05) is 18.8 Å². The van der Waals surface area contributed by atoms with E-state index in [-0.39, 0.29) is 18.1 Å². The lowest BCUT2D eigenvalue weighted by atomic mass is 9.97. The third-order valence-corrected chi connectivity index (χ3v) is 7.29. The van der Waals surface area contributed by atoms with Crippen LogP contribution in [0.25, 0.3) is 0 Å². The van der Waals surface area contributed by atoms with Crippen molar-refractivity contribution in [1.29, 1.82) is 0 Å². The van der Waals surface area contributed by atoms with E-state index >= 15 is 0 Å². The largest absolute Gasteiger partial charge is 0.377 e. The van der Waals surface area contributed by atoms with Gasteiger partial charge in [-0.2, -0.15) is 0 Å². The standard InChI is InChI=1S/C23H28N2O2S/c1-2-3-14-23(27)21-20(17-28-23)24(15-18-10-6-4-7-11-18)22(26)25(21)16-19-12-8-5-9-13-19/h4-13,20-21,27H,2-3,14-17H2,1H3. The van der Waals surface area contributed by atoms with Gasteiger partial charge in [0.05, 0.1) is 12.1 Å². The normalized spacial score (nSPS) is 26.7. The highest BCUT2D eigenvalue weighted by Gasteiger charge is 2.59. The van der Waals surface area contributed by atoms with Crippen LogP contribution in [-0.2, 0) is 13.1 Å². The Morgan fingerprint density at radius 3 is 2.14 bits per heavy atom. The zero-order chi connectivity index (χ0) is 19.6. The van der Waals surface area contributed by atoms with Crippen molar-refractivity contribution in [1.82, 2.24) is 9.80 Å². The fourth-order valence-corrected chi connectivity index (χ4v) is 5.97. The van der Waals surface area contributed by atoms with Crippen LogP contribution in [0.1, 0.15) is 37.3 Å². The molecule has 2 amide bonds. The van der Waals surface area contributed by atoms with Gasteiger partial charge in [-0.3, -0.25) is 0 Å². The predicted octanol–water partition coefficient (Wildman–Crippen LogP) is 4.49. The van der Waals surface area contributed by atoms with Crippen LogP contribution in [0, 0.1) is 0 Å². The maximum Gasteiger partial charge on any atom is 0.321 e. The van der Waals surface area contributed by atoms with Crippen LogP contribution in [-0.4, -0.2) is 43.7 Å². The molecular formula is C23H28N2O2S. The van der Waals surface area contributed by atoms with Gasteiger partial charge in [0.25, 0.3) is 0 Å². The zero-order valence-corrected chi connectivity index (χ0v) is 17.1. The molecule has 0 aliphatic carbocycles. The highest BCUT2D eigenvalue weighted by molar-refractivity contribution is 8.00. The smallest absolute Gasteiger partial charge is 0.321 e. The zero-order valence-electron chi connectivity index (χ0n) is 16.3. The van der Waals surface area contributed by atoms with Crippen LogP contribution < -0.4 is 0 Å². The number of hydrogen-bond donors (Lipinski definition) is 1. The second-order valence-electron chi connectivity index (χ2n) is 7.78. The molecule has 0 aromatic heterocycles. The Morgan fingerprint density at radius 1 is 1.00 bits per heavy atom. The molecule has 5 heteroatoms. The summed E-state index contributed by atoms with van der Waals surface area (Å²) < 4.78 is 0. The van der Waals surface area contributed by atoms with E-state index in [0.717, 1.165) is 36.1 Å². The van der Waals surface area contributed by atoms with Gasteiger partial charge in [-0.15, -0.1) is 11.8 Å². The van der Waals surface area contributed by atoms with E-state index in [1.54, 1.807) is 11.8 Å². The molecule has 2 aromatic rings. The summed E-state index contributed by atoms with van der Waals surface area (Å²) in [5.74, 6) is 0.786. The molecule has 2 aromatic carbocycles. The summed E-state index contributed by atoms with van der Waals surface area (Å²) >= 11 is 1.63. The molecule has 0 bridgehead atoms. The van der Waals surface area contributed by atoms with E-state index in [4.69, 9.17) is 0 Å². The molecule has 3 unspecified atom stereocenters. The van der Waals surface area contributed by atoms with E-state index in [0.29, 0.717) is 13.1 Å². The number of aliphatic hydroxyl groups is 1. The molecule has 4 nitrogen and oxygen atoms in total. The lowest BCUT2D eigenvalue weighted by molar-refractivity contribution is 0.0428. The fourth-order valence-electron chi connectivity index (χ4n) is 4.41. The number of carbonyl (C=O) groups excluding carboxylic acids is 1. The summed E-state index contributed by atoms with van der Waals surface area (Å²) in [4.78, 5) is 16.4. The number of nitrogens with zero attached hydrogens (tertiary/aromatic N) is 2. The minimum atomic E-state index is -0.865. The Hall–Kier alpha value is -1.98.